The van der Waals surface area contributed by atoms with Crippen LogP contribution in [0.3, 0.4) is 0 Å². The summed E-state index contributed by atoms with van der Waals surface area (Å²) in [7, 11) is 0. The van der Waals surface area contributed by atoms with Gasteiger partial charge in [-0.15, -0.1) is 0 Å². The number of imidazole rings is 2. The molecule has 9 amide bonds. The summed E-state index contributed by atoms with van der Waals surface area (Å²) in [6, 6.07) is 11.5. The molecule has 1 fully saturated rings. The SMILES string of the molecule is C[C@@]12CCCN1C(=O)[C@H](Cc1ccc(O)cc1)NC(=O)[C@H](Cc1cnc[nH]1)NC(=O)[C@H](CC(=O)O)NC(=O)[C@H](CC1=CCc3ccc(F)cc31)NC(=O)[C@H](Cc1c[nH]c3ccc(F)cc13)NC(=O)CNC(=O)[C@H](Cc1c[nH]cn1)NC(=O)CCSCc1cccc(c1)CSC[C@@H](C(N)=O)CC2=O. The number of thioether (sulfide) groups is 2. The van der Waals surface area contributed by atoms with Gasteiger partial charge in [-0.2, -0.15) is 23.5 Å². The number of aliphatic carboxylic acids is 1. The molecule has 0 saturated carbocycles. The highest BCUT2D eigenvalue weighted by Gasteiger charge is 2.48. The van der Waals surface area contributed by atoms with Crippen LogP contribution in [-0.4, -0.2) is 171 Å². The van der Waals surface area contributed by atoms with Gasteiger partial charge in [0.05, 0.1) is 42.8 Å². The molecule has 0 radical (unpaired) electrons. The number of hydrogen-bond acceptors (Lipinski definition) is 16. The lowest BCUT2D eigenvalue weighted by atomic mass is 9.86. The van der Waals surface area contributed by atoms with Crippen LogP contribution in [0.2, 0.25) is 0 Å². The van der Waals surface area contributed by atoms with Crippen LogP contribution in [0.25, 0.3) is 16.5 Å². The lowest BCUT2D eigenvalue weighted by molar-refractivity contribution is -0.146. The van der Waals surface area contributed by atoms with E-state index in [-0.39, 0.29) is 75.1 Å². The number of Topliss-reactive ketones (excluding diaryl/α,β-unsaturated/α-hetero) is 1. The number of hydrogen-bond donors (Lipinski definition) is 13. The van der Waals surface area contributed by atoms with E-state index in [1.807, 2.05) is 24.3 Å². The third-order valence-electron chi connectivity index (χ3n) is 18.2. The van der Waals surface area contributed by atoms with Crippen molar-refractivity contribution < 1.29 is 71.7 Å². The van der Waals surface area contributed by atoms with Gasteiger partial charge in [-0.3, -0.25) is 52.7 Å². The number of aromatic amines is 3. The minimum atomic E-state index is -2.03. The van der Waals surface area contributed by atoms with E-state index in [1.54, 1.807) is 13.0 Å². The number of phenols is 1. The summed E-state index contributed by atoms with van der Waals surface area (Å²) in [4.78, 5) is 176. The Labute approximate surface area is 592 Å². The number of carbonyl (C=O) groups excluding carboxylic acids is 10. The van der Waals surface area contributed by atoms with E-state index in [0.29, 0.717) is 68.1 Å². The summed E-state index contributed by atoms with van der Waals surface area (Å²) < 4.78 is 29.9. The molecule has 536 valence electrons. The summed E-state index contributed by atoms with van der Waals surface area (Å²) in [6.45, 7) is 0.869. The molecule has 4 aromatic carbocycles. The quantitative estimate of drug-likeness (QED) is 0.0786. The topological polar surface area (TPSA) is 415 Å². The second kappa shape index (κ2) is 34.1. The number of fused-ring (bicyclic) bond motifs is 5. The molecule has 27 nitrogen and oxygen atoms in total. The fourth-order valence-electron chi connectivity index (χ4n) is 12.7. The fourth-order valence-corrected chi connectivity index (χ4v) is 14.7. The van der Waals surface area contributed by atoms with Gasteiger partial charge in [0, 0.05) is 110 Å². The van der Waals surface area contributed by atoms with Crippen LogP contribution >= 0.6 is 23.5 Å². The van der Waals surface area contributed by atoms with Gasteiger partial charge < -0.3 is 73.0 Å². The molecule has 2 bridgehead atoms. The second-order valence-corrected chi connectivity index (χ2v) is 27.7. The normalized spacial score (nSPS) is 23.1. The molecular weight excluding hydrogens is 1360 g/mol. The molecular formula is C71H78F2N14O13S2. The molecule has 7 aromatic rings. The molecule has 5 heterocycles. The second-order valence-electron chi connectivity index (χ2n) is 25.6. The number of nitrogens with two attached hydrogens (primary N) is 1. The van der Waals surface area contributed by atoms with Gasteiger partial charge in [-0.1, -0.05) is 48.5 Å². The van der Waals surface area contributed by atoms with Crippen LogP contribution in [0, 0.1) is 17.6 Å². The van der Waals surface area contributed by atoms with Crippen molar-refractivity contribution >= 4 is 105 Å². The van der Waals surface area contributed by atoms with Crippen LogP contribution in [0.15, 0.2) is 122 Å². The van der Waals surface area contributed by atoms with E-state index in [1.165, 1.54) is 120 Å². The van der Waals surface area contributed by atoms with Gasteiger partial charge in [0.15, 0.2) is 5.78 Å². The number of phenolic OH excluding ortho intramolecular Hbond substituents is 1. The molecule has 0 spiro atoms. The van der Waals surface area contributed by atoms with Gasteiger partial charge in [-0.05, 0) is 108 Å². The van der Waals surface area contributed by atoms with E-state index in [4.69, 9.17) is 5.73 Å². The average Bonchev–Trinajstić information content (AvgIpc) is 1.82. The molecule has 31 heteroatoms. The van der Waals surface area contributed by atoms with Crippen molar-refractivity contribution in [3.63, 3.8) is 0 Å². The highest BCUT2D eigenvalue weighted by Crippen LogP contribution is 2.35. The molecule has 10 rings (SSSR count). The molecule has 1 saturated heterocycles. The monoisotopic (exact) mass is 1440 g/mol. The standard InChI is InChI=1S/C71H78F2N14O13S2/c1-71-17-3-18-87(71)70(100)59(21-39-6-13-50(88)14-7-39)86-68(98)57(28-49-32-76-38-80-49)84-69(99)58(29-63(92)93)85-67(97)55(22-43-9-8-42-10-11-46(72)25-51(42)43)83-66(96)54(23-44-30-77-53-15-12-47(73)26-52(44)53)82-62(91)33-78-65(95)56(27-48-31-75-37-79-48)81-61(90)16-19-101-34-40-4-2-5-41(20-40)35-102-36-45(64(74)94)24-60(71)89/h2,4-7,9-15,20,25-26,30-32,37-38,45,54-59,77,88H,3,8,16-19,21-24,27-29,33-36H2,1H3,(H2,74,94)(H,75,79)(H,76,80)(H,78,95)(H,81,90)(H,82,91)(H,83,96)(H,84,99)(H,85,97)(H,86,98)(H,92,93)/t45-,54-,55-,56-,57-,58-,59-,71-/m0/s1. The molecule has 0 unspecified atom stereocenters. The van der Waals surface area contributed by atoms with Gasteiger partial charge in [-0.25, -0.2) is 18.7 Å². The number of amides is 9. The first-order chi connectivity index (χ1) is 48.9. The predicted molar refractivity (Wildman–Crippen MR) is 373 cm³/mol. The maximum absolute atomic E-state index is 15.3. The Kier molecular flexibility index (Phi) is 24.8. The number of rotatable bonds is 13. The summed E-state index contributed by atoms with van der Waals surface area (Å²) in [5.41, 5.74) is 9.55. The average molecular weight is 1440 g/mol. The predicted octanol–water partition coefficient (Wildman–Crippen LogP) is 3.41. The molecule has 3 aliphatic rings. The zero-order valence-corrected chi connectivity index (χ0v) is 57.1. The Morgan fingerprint density at radius 1 is 0.696 bits per heavy atom. The van der Waals surface area contributed by atoms with Crippen LogP contribution in [0.5, 0.6) is 5.75 Å². The smallest absolute Gasteiger partial charge is 0.305 e. The van der Waals surface area contributed by atoms with E-state index < -0.39 is 144 Å². The summed E-state index contributed by atoms with van der Waals surface area (Å²) in [6.07, 6.45) is 6.57. The Hall–Kier alpha value is -10.7. The Bertz CT molecular complexity index is 4290. The molecule has 102 heavy (non-hydrogen) atoms. The van der Waals surface area contributed by atoms with Crippen LogP contribution in [0.1, 0.15) is 90.2 Å². The molecule has 2 aliphatic heterocycles. The lowest BCUT2D eigenvalue weighted by Crippen LogP contribution is -2.61. The number of carboxylic acids is 1. The first kappa shape index (κ1) is 74.0. The molecule has 3 aromatic heterocycles. The number of halogens is 2. The number of aromatic hydroxyl groups is 1. The minimum absolute atomic E-state index is 0.0189. The minimum Gasteiger partial charge on any atom is -0.508 e. The number of benzene rings is 4. The Morgan fingerprint density at radius 3 is 2.07 bits per heavy atom. The maximum atomic E-state index is 15.3. The molecule has 8 atom stereocenters. The van der Waals surface area contributed by atoms with Crippen molar-refractivity contribution in [2.24, 2.45) is 11.7 Å². The number of H-pyrrole nitrogens is 3. The number of carbonyl (C=O) groups is 11. The van der Waals surface area contributed by atoms with Crippen LogP contribution < -0.4 is 43.0 Å². The summed E-state index contributed by atoms with van der Waals surface area (Å²) >= 11 is 2.84. The Morgan fingerprint density at radius 2 is 1.36 bits per heavy atom. The number of carboxylic acid groups (broad SMARTS) is 1. The van der Waals surface area contributed by atoms with Crippen molar-refractivity contribution in [3.8, 4) is 5.75 Å². The van der Waals surface area contributed by atoms with Crippen molar-refractivity contribution in [3.05, 3.63) is 179 Å². The third-order valence-corrected chi connectivity index (χ3v) is 20.4. The number of ketones is 1. The van der Waals surface area contributed by atoms with Crippen molar-refractivity contribution in [1.29, 1.82) is 0 Å². The van der Waals surface area contributed by atoms with Gasteiger partial charge in [0.1, 0.15) is 53.6 Å². The summed E-state index contributed by atoms with van der Waals surface area (Å²) in [5, 5.41) is 39.2. The van der Waals surface area contributed by atoms with Gasteiger partial charge >= 0.3 is 5.97 Å². The maximum Gasteiger partial charge on any atom is 0.305 e. The zero-order chi connectivity index (χ0) is 72.6. The number of primary amides is 1. The highest BCUT2D eigenvalue weighted by atomic mass is 32.2. The van der Waals surface area contributed by atoms with Crippen molar-refractivity contribution in [1.82, 2.24) is 67.0 Å². The number of allylic oxidation sites excluding steroid dienone is 1. The molecule has 1 aliphatic carbocycles. The first-order valence-electron chi connectivity index (χ1n) is 33.1. The summed E-state index contributed by atoms with van der Waals surface area (Å²) in [5.74, 6) is -11.1. The zero-order valence-electron chi connectivity index (χ0n) is 55.5. The largest absolute Gasteiger partial charge is 0.508 e. The number of nitrogens with zero attached hydrogens (tertiary/aromatic N) is 3. The van der Waals surface area contributed by atoms with Crippen LogP contribution in [-0.2, 0) is 96.3 Å². The highest BCUT2D eigenvalue weighted by molar-refractivity contribution is 7.98. The first-order valence-corrected chi connectivity index (χ1v) is 35.4. The van der Waals surface area contributed by atoms with E-state index in [2.05, 4.69) is 62.1 Å². The molecule has 14 N–H and O–H groups in total. The van der Waals surface area contributed by atoms with Gasteiger partial charge in [0.25, 0.3) is 0 Å². The fraction of sp³-hybridized carbons (Fsp3) is 0.366. The van der Waals surface area contributed by atoms with Crippen LogP contribution in [0.4, 0.5) is 8.78 Å². The van der Waals surface area contributed by atoms with E-state index in [0.717, 1.165) is 11.1 Å². The Balaban J connectivity index is 0.982. The van der Waals surface area contributed by atoms with E-state index in [9.17, 15) is 48.2 Å². The third kappa shape index (κ3) is 19.6. The van der Waals surface area contributed by atoms with E-state index >= 15 is 23.6 Å². The number of nitrogens with one attached hydrogen (secondary N) is 10. The van der Waals surface area contributed by atoms with Crippen molar-refractivity contribution in [2.75, 3.05) is 24.6 Å². The van der Waals surface area contributed by atoms with Gasteiger partial charge in [0.2, 0.25) is 53.2 Å². The lowest BCUT2D eigenvalue weighted by Gasteiger charge is -2.37. The number of aromatic nitrogens is 5. The van der Waals surface area contributed by atoms with Crippen molar-refractivity contribution in [2.45, 2.75) is 131 Å².